The molecule has 0 bridgehead atoms. The first-order chi connectivity index (χ1) is 11.4. The van der Waals surface area contributed by atoms with Gasteiger partial charge in [-0.25, -0.2) is 9.59 Å². The molecule has 1 amide bonds. The molecule has 0 fully saturated rings. The number of unbranched alkanes of at least 4 members (excludes halogenated alkanes) is 5. The summed E-state index contributed by atoms with van der Waals surface area (Å²) < 4.78 is 10.6. The van der Waals surface area contributed by atoms with Crippen LogP contribution in [0, 0.1) is 0 Å². The molecule has 0 heterocycles. The van der Waals surface area contributed by atoms with Crippen LogP contribution in [-0.2, 0) is 14.3 Å². The van der Waals surface area contributed by atoms with E-state index in [0.717, 1.165) is 38.5 Å². The van der Waals surface area contributed by atoms with E-state index in [2.05, 4.69) is 5.32 Å². The molecule has 0 saturated carbocycles. The number of alkyl carbamates (subject to hydrolysis) is 1. The van der Waals surface area contributed by atoms with Crippen molar-refractivity contribution < 1.29 is 24.2 Å². The van der Waals surface area contributed by atoms with Gasteiger partial charge in [0.1, 0.15) is 17.2 Å². The fraction of sp³-hybridized carbons (Fsp3) is 0.895. The molecule has 6 heteroatoms. The Hall–Kier alpha value is -1.30. The van der Waals surface area contributed by atoms with Gasteiger partial charge < -0.3 is 19.9 Å². The largest absolute Gasteiger partial charge is 0.458 e. The van der Waals surface area contributed by atoms with Crippen LogP contribution in [0.5, 0.6) is 0 Å². The van der Waals surface area contributed by atoms with Crippen LogP contribution in [0.25, 0.3) is 0 Å². The Morgan fingerprint density at radius 1 is 0.840 bits per heavy atom. The summed E-state index contributed by atoms with van der Waals surface area (Å²) in [4.78, 5) is 24.3. The molecule has 148 valence electrons. The number of rotatable bonds is 10. The number of esters is 1. The van der Waals surface area contributed by atoms with Gasteiger partial charge in [0.2, 0.25) is 0 Å². The van der Waals surface area contributed by atoms with E-state index in [1.165, 1.54) is 0 Å². The lowest BCUT2D eigenvalue weighted by Gasteiger charge is -2.26. The minimum absolute atomic E-state index is 0.237. The summed E-state index contributed by atoms with van der Waals surface area (Å²) >= 11 is 0. The van der Waals surface area contributed by atoms with Gasteiger partial charge in [0.05, 0.1) is 0 Å². The first-order valence-electron chi connectivity index (χ1n) is 9.28. The van der Waals surface area contributed by atoms with Crippen LogP contribution in [0.15, 0.2) is 0 Å². The van der Waals surface area contributed by atoms with Gasteiger partial charge in [-0.2, -0.15) is 0 Å². The quantitative estimate of drug-likeness (QED) is 0.456. The summed E-state index contributed by atoms with van der Waals surface area (Å²) in [5.74, 6) is -0.432. The highest BCUT2D eigenvalue weighted by molar-refractivity contribution is 5.81. The molecule has 2 N–H and O–H groups in total. The first kappa shape index (κ1) is 23.7. The van der Waals surface area contributed by atoms with Crippen LogP contribution < -0.4 is 5.32 Å². The molecule has 25 heavy (non-hydrogen) atoms. The number of carbonyl (C=O) groups is 2. The van der Waals surface area contributed by atoms with E-state index in [9.17, 15) is 9.59 Å². The molecule has 0 radical (unpaired) electrons. The Morgan fingerprint density at radius 3 is 1.80 bits per heavy atom. The highest BCUT2D eigenvalue weighted by Crippen LogP contribution is 2.14. The van der Waals surface area contributed by atoms with Gasteiger partial charge in [0, 0.05) is 6.61 Å². The second-order valence-electron chi connectivity index (χ2n) is 8.37. The molecule has 0 rings (SSSR count). The minimum atomic E-state index is -0.702. The fourth-order valence-electron chi connectivity index (χ4n) is 2.24. The van der Waals surface area contributed by atoms with Gasteiger partial charge in [-0.1, -0.05) is 32.1 Å². The van der Waals surface area contributed by atoms with Crippen molar-refractivity contribution in [3.8, 4) is 0 Å². The Labute approximate surface area is 152 Å². The van der Waals surface area contributed by atoms with Crippen molar-refractivity contribution >= 4 is 12.1 Å². The van der Waals surface area contributed by atoms with E-state index < -0.39 is 29.3 Å². The second-order valence-corrected chi connectivity index (χ2v) is 8.37. The zero-order valence-corrected chi connectivity index (χ0v) is 16.8. The van der Waals surface area contributed by atoms with E-state index >= 15 is 0 Å². The number of hydrogen-bond donors (Lipinski definition) is 2. The average Bonchev–Trinajstić information content (AvgIpc) is 2.41. The van der Waals surface area contributed by atoms with Crippen molar-refractivity contribution in [2.24, 2.45) is 0 Å². The van der Waals surface area contributed by atoms with Crippen molar-refractivity contribution in [2.75, 3.05) is 6.61 Å². The van der Waals surface area contributed by atoms with Gasteiger partial charge in [-0.3, -0.25) is 0 Å². The Bertz CT molecular complexity index is 396. The number of aliphatic hydroxyl groups is 1. The average molecular weight is 360 g/mol. The van der Waals surface area contributed by atoms with Gasteiger partial charge in [0.15, 0.2) is 0 Å². The van der Waals surface area contributed by atoms with Crippen LogP contribution in [0.3, 0.4) is 0 Å². The number of carbonyl (C=O) groups excluding carboxylic acids is 2. The topological polar surface area (TPSA) is 84.9 Å². The summed E-state index contributed by atoms with van der Waals surface area (Å²) in [6.07, 6.45) is 5.67. The standard InChI is InChI=1S/C19H37NO5/c1-18(2,3)24-16(22)15(20-17(23)25-19(4,5)6)13-11-9-7-8-10-12-14-21/h15,21H,7-14H2,1-6H3,(H,20,23). The molecule has 0 aromatic heterocycles. The molecule has 0 aliphatic rings. The van der Waals surface area contributed by atoms with Crippen LogP contribution in [-0.4, -0.2) is 41.0 Å². The van der Waals surface area contributed by atoms with E-state index in [1.807, 2.05) is 0 Å². The highest BCUT2D eigenvalue weighted by Gasteiger charge is 2.28. The third kappa shape index (κ3) is 14.7. The molecular weight excluding hydrogens is 322 g/mol. The van der Waals surface area contributed by atoms with Gasteiger partial charge in [0.25, 0.3) is 0 Å². The summed E-state index contributed by atoms with van der Waals surface area (Å²) in [6.45, 7) is 11.0. The number of amides is 1. The van der Waals surface area contributed by atoms with Crippen LogP contribution in [0.1, 0.15) is 86.5 Å². The number of ether oxygens (including phenoxy) is 2. The van der Waals surface area contributed by atoms with Gasteiger partial charge in [-0.05, 0) is 54.4 Å². The summed E-state index contributed by atoms with van der Waals surface area (Å²) in [5, 5.41) is 11.4. The SMILES string of the molecule is CC(C)(C)OC(=O)NC(CCCCCCCCO)C(=O)OC(C)(C)C. The van der Waals surface area contributed by atoms with E-state index in [-0.39, 0.29) is 6.61 Å². The molecule has 0 saturated heterocycles. The predicted octanol–water partition coefficient (Wildman–Crippen LogP) is 3.94. The summed E-state index contributed by atoms with van der Waals surface area (Å²) in [5.41, 5.74) is -1.22. The fourth-order valence-corrected chi connectivity index (χ4v) is 2.24. The summed E-state index contributed by atoms with van der Waals surface area (Å²) in [7, 11) is 0. The van der Waals surface area contributed by atoms with Crippen LogP contribution in [0.4, 0.5) is 4.79 Å². The van der Waals surface area contributed by atoms with E-state index in [1.54, 1.807) is 41.5 Å². The molecular formula is C19H37NO5. The maximum atomic E-state index is 12.3. The molecule has 0 spiro atoms. The van der Waals surface area contributed by atoms with E-state index in [4.69, 9.17) is 14.6 Å². The molecule has 1 unspecified atom stereocenters. The van der Waals surface area contributed by atoms with Crippen molar-refractivity contribution in [1.29, 1.82) is 0 Å². The highest BCUT2D eigenvalue weighted by atomic mass is 16.6. The monoisotopic (exact) mass is 359 g/mol. The third-order valence-electron chi connectivity index (χ3n) is 3.28. The molecule has 6 nitrogen and oxygen atoms in total. The maximum absolute atomic E-state index is 12.3. The Balaban J connectivity index is 4.48. The smallest absolute Gasteiger partial charge is 0.408 e. The van der Waals surface area contributed by atoms with Crippen molar-refractivity contribution in [2.45, 2.75) is 104 Å². The second kappa shape index (κ2) is 11.3. The molecule has 0 aliphatic heterocycles. The molecule has 0 aromatic carbocycles. The Morgan fingerprint density at radius 2 is 1.32 bits per heavy atom. The lowest BCUT2D eigenvalue weighted by Crippen LogP contribution is -2.46. The Kier molecular flexibility index (Phi) is 10.8. The zero-order valence-electron chi connectivity index (χ0n) is 16.8. The van der Waals surface area contributed by atoms with Gasteiger partial charge >= 0.3 is 12.1 Å². The van der Waals surface area contributed by atoms with Crippen molar-refractivity contribution in [3.63, 3.8) is 0 Å². The minimum Gasteiger partial charge on any atom is -0.458 e. The normalized spacial score (nSPS) is 13.2. The lowest BCUT2D eigenvalue weighted by molar-refractivity contribution is -0.157. The molecule has 1 atom stereocenters. The maximum Gasteiger partial charge on any atom is 0.408 e. The van der Waals surface area contributed by atoms with Crippen molar-refractivity contribution in [3.05, 3.63) is 0 Å². The number of aliphatic hydroxyl groups excluding tert-OH is 1. The zero-order chi connectivity index (χ0) is 19.5. The number of nitrogens with one attached hydrogen (secondary N) is 1. The van der Waals surface area contributed by atoms with Crippen LogP contribution >= 0.6 is 0 Å². The van der Waals surface area contributed by atoms with E-state index in [0.29, 0.717) is 6.42 Å². The molecule has 0 aromatic rings. The number of hydrogen-bond acceptors (Lipinski definition) is 5. The lowest BCUT2D eigenvalue weighted by atomic mass is 10.1. The van der Waals surface area contributed by atoms with Crippen molar-refractivity contribution in [1.82, 2.24) is 5.32 Å². The predicted molar refractivity (Wildman–Crippen MR) is 98.4 cm³/mol. The molecule has 0 aliphatic carbocycles. The third-order valence-corrected chi connectivity index (χ3v) is 3.28. The van der Waals surface area contributed by atoms with Crippen LogP contribution in [0.2, 0.25) is 0 Å². The summed E-state index contributed by atoms with van der Waals surface area (Å²) in [6, 6.07) is -0.702. The van der Waals surface area contributed by atoms with Gasteiger partial charge in [-0.15, -0.1) is 0 Å². The first-order valence-corrected chi connectivity index (χ1v) is 9.28.